The van der Waals surface area contributed by atoms with Crippen molar-refractivity contribution in [2.75, 3.05) is 18.9 Å². The molecule has 2 aromatic carbocycles. The van der Waals surface area contributed by atoms with E-state index in [0.29, 0.717) is 0 Å². The lowest BCUT2D eigenvalue weighted by molar-refractivity contribution is -0.148. The summed E-state index contributed by atoms with van der Waals surface area (Å²) in [5.41, 5.74) is 4.29. The van der Waals surface area contributed by atoms with Gasteiger partial charge in [-0.05, 0) is 22.3 Å². The summed E-state index contributed by atoms with van der Waals surface area (Å²) in [5, 5.41) is 11.7. The van der Waals surface area contributed by atoms with Crippen LogP contribution in [0.4, 0.5) is 9.18 Å². The fourth-order valence-electron chi connectivity index (χ4n) is 4.43. The van der Waals surface area contributed by atoms with Crippen LogP contribution < -0.4 is 5.32 Å². The molecule has 7 nitrogen and oxygen atoms in total. The van der Waals surface area contributed by atoms with Crippen molar-refractivity contribution in [3.8, 4) is 11.1 Å². The molecule has 4 rings (SSSR count). The Balaban J connectivity index is 1.41. The number of fused-ring (bicyclic) bond motifs is 3. The number of carbonyl (C=O) groups excluding carboxylic acids is 2. The number of amides is 2. The van der Waals surface area contributed by atoms with E-state index in [9.17, 15) is 23.9 Å². The zero-order valence-corrected chi connectivity index (χ0v) is 18.0. The number of rotatable bonds is 6. The smallest absolute Gasteiger partial charge is 0.407 e. The molecule has 0 spiro atoms. The summed E-state index contributed by atoms with van der Waals surface area (Å²) in [6, 6.07) is 13.4. The Kier molecular flexibility index (Phi) is 6.36. The number of alkyl halides is 1. The van der Waals surface area contributed by atoms with Crippen molar-refractivity contribution >= 4 is 30.6 Å². The number of nitrogens with one attached hydrogen (secondary N) is 1. The Labute approximate surface area is 190 Å². The number of carboxylic acid groups (broad SMARTS) is 1. The molecule has 9 heteroatoms. The summed E-state index contributed by atoms with van der Waals surface area (Å²) in [6.45, 7) is -0.256. The number of nitrogens with zero attached hydrogens (tertiary/aromatic N) is 1. The molecule has 1 heterocycles. The number of carbonyl (C=O) groups is 3. The van der Waals surface area contributed by atoms with Gasteiger partial charge in [-0.2, -0.15) is 12.6 Å². The Morgan fingerprint density at radius 2 is 1.72 bits per heavy atom. The van der Waals surface area contributed by atoms with Gasteiger partial charge in [-0.3, -0.25) is 4.79 Å². The van der Waals surface area contributed by atoms with Crippen molar-refractivity contribution in [3.63, 3.8) is 0 Å². The summed E-state index contributed by atoms with van der Waals surface area (Å²) in [4.78, 5) is 37.5. The number of carboxylic acids is 1. The maximum atomic E-state index is 13.7. The standard InChI is InChI=1S/C23H23FN2O5S/c24-13-9-20(22(28)29)26(10-13)21(27)19(12-32)25-23(30)31-11-18-16-7-3-1-5-14(16)15-6-2-4-8-17(15)18/h1-8,13,18-20,32H,9-12H2,(H,25,30)(H,28,29). The summed E-state index contributed by atoms with van der Waals surface area (Å²) < 4.78 is 19.2. The van der Waals surface area contributed by atoms with Crippen molar-refractivity contribution in [2.45, 2.75) is 30.6 Å². The lowest BCUT2D eigenvalue weighted by Crippen LogP contribution is -2.52. The van der Waals surface area contributed by atoms with Gasteiger partial charge in [0.2, 0.25) is 5.91 Å². The van der Waals surface area contributed by atoms with Crippen LogP contribution in [0.3, 0.4) is 0 Å². The zero-order chi connectivity index (χ0) is 22.8. The van der Waals surface area contributed by atoms with Crippen LogP contribution in [-0.2, 0) is 14.3 Å². The second-order valence-electron chi connectivity index (χ2n) is 7.88. The quantitative estimate of drug-likeness (QED) is 0.579. The van der Waals surface area contributed by atoms with E-state index in [2.05, 4.69) is 17.9 Å². The SMILES string of the molecule is O=C(NC(CS)C(=O)N1CC(F)CC1C(=O)O)OCC1c2ccccc2-c2ccccc21. The van der Waals surface area contributed by atoms with Crippen molar-refractivity contribution < 1.29 is 28.6 Å². The predicted molar refractivity (Wildman–Crippen MR) is 118 cm³/mol. The molecule has 0 saturated carbocycles. The third-order valence-corrected chi connectivity index (χ3v) is 6.30. The summed E-state index contributed by atoms with van der Waals surface area (Å²) >= 11 is 4.10. The zero-order valence-electron chi connectivity index (χ0n) is 17.1. The van der Waals surface area contributed by atoms with Gasteiger partial charge in [0, 0.05) is 18.1 Å². The number of aliphatic carboxylic acids is 1. The molecule has 1 saturated heterocycles. The third kappa shape index (κ3) is 4.17. The second kappa shape index (κ2) is 9.20. The van der Waals surface area contributed by atoms with Gasteiger partial charge in [0.25, 0.3) is 0 Å². The molecule has 0 radical (unpaired) electrons. The van der Waals surface area contributed by atoms with E-state index >= 15 is 0 Å². The molecule has 2 amide bonds. The molecule has 3 atom stereocenters. The number of halogens is 1. The van der Waals surface area contributed by atoms with Crippen LogP contribution >= 0.6 is 12.6 Å². The minimum absolute atomic E-state index is 0.0708. The molecule has 32 heavy (non-hydrogen) atoms. The van der Waals surface area contributed by atoms with Gasteiger partial charge in [0.1, 0.15) is 24.9 Å². The Bertz CT molecular complexity index is 1000. The first-order chi connectivity index (χ1) is 15.4. The van der Waals surface area contributed by atoms with Crippen LogP contribution in [-0.4, -0.2) is 65.1 Å². The Morgan fingerprint density at radius 1 is 1.12 bits per heavy atom. The van der Waals surface area contributed by atoms with Crippen molar-refractivity contribution in [1.82, 2.24) is 10.2 Å². The molecule has 1 fully saturated rings. The van der Waals surface area contributed by atoms with Crippen LogP contribution in [0.15, 0.2) is 48.5 Å². The van der Waals surface area contributed by atoms with Crippen LogP contribution in [0.25, 0.3) is 11.1 Å². The van der Waals surface area contributed by atoms with Crippen LogP contribution in [0.2, 0.25) is 0 Å². The minimum Gasteiger partial charge on any atom is -0.480 e. The van der Waals surface area contributed by atoms with Crippen LogP contribution in [0.1, 0.15) is 23.5 Å². The van der Waals surface area contributed by atoms with Crippen molar-refractivity contribution in [1.29, 1.82) is 0 Å². The summed E-state index contributed by atoms with van der Waals surface area (Å²) in [6.07, 6.45) is -2.51. The van der Waals surface area contributed by atoms with Crippen molar-refractivity contribution in [3.05, 3.63) is 59.7 Å². The maximum absolute atomic E-state index is 13.7. The van der Waals surface area contributed by atoms with E-state index in [1.165, 1.54) is 0 Å². The first kappa shape index (κ1) is 22.1. The number of hydrogen-bond acceptors (Lipinski definition) is 5. The number of hydrogen-bond donors (Lipinski definition) is 3. The average molecular weight is 459 g/mol. The van der Waals surface area contributed by atoms with E-state index in [1.807, 2.05) is 48.5 Å². The second-order valence-corrected chi connectivity index (χ2v) is 8.25. The molecular weight excluding hydrogens is 435 g/mol. The van der Waals surface area contributed by atoms with Crippen LogP contribution in [0.5, 0.6) is 0 Å². The van der Waals surface area contributed by atoms with E-state index < -0.39 is 36.2 Å². The van der Waals surface area contributed by atoms with Gasteiger partial charge in [0.05, 0.1) is 6.54 Å². The molecular formula is C23H23FN2O5S. The van der Waals surface area contributed by atoms with Gasteiger partial charge in [-0.1, -0.05) is 48.5 Å². The van der Waals surface area contributed by atoms with E-state index in [1.54, 1.807) is 0 Å². The molecule has 2 aliphatic rings. The summed E-state index contributed by atoms with van der Waals surface area (Å²) in [5.74, 6) is -2.19. The highest BCUT2D eigenvalue weighted by atomic mass is 32.1. The number of thiol groups is 1. The number of alkyl carbamates (subject to hydrolysis) is 1. The summed E-state index contributed by atoms with van der Waals surface area (Å²) in [7, 11) is 0. The molecule has 0 aromatic heterocycles. The molecule has 168 valence electrons. The van der Waals surface area contributed by atoms with Gasteiger partial charge < -0.3 is 20.1 Å². The molecule has 1 aliphatic carbocycles. The monoisotopic (exact) mass is 458 g/mol. The Morgan fingerprint density at radius 3 is 2.28 bits per heavy atom. The molecule has 2 aromatic rings. The predicted octanol–water partition coefficient (Wildman–Crippen LogP) is 2.85. The average Bonchev–Trinajstić information content (AvgIpc) is 3.34. The lowest BCUT2D eigenvalue weighted by atomic mass is 9.98. The minimum atomic E-state index is -1.42. The van der Waals surface area contributed by atoms with E-state index in [0.717, 1.165) is 27.2 Å². The molecule has 1 aliphatic heterocycles. The fraction of sp³-hybridized carbons (Fsp3) is 0.348. The van der Waals surface area contributed by atoms with Gasteiger partial charge >= 0.3 is 12.1 Å². The third-order valence-electron chi connectivity index (χ3n) is 5.93. The number of ether oxygens (including phenoxy) is 1. The van der Waals surface area contributed by atoms with Gasteiger partial charge in [0.15, 0.2) is 0 Å². The largest absolute Gasteiger partial charge is 0.480 e. The maximum Gasteiger partial charge on any atom is 0.407 e. The molecule has 3 unspecified atom stereocenters. The van der Waals surface area contributed by atoms with Gasteiger partial charge in [-0.25, -0.2) is 14.0 Å². The van der Waals surface area contributed by atoms with Crippen LogP contribution in [0, 0.1) is 0 Å². The van der Waals surface area contributed by atoms with Crippen molar-refractivity contribution in [2.24, 2.45) is 0 Å². The first-order valence-corrected chi connectivity index (χ1v) is 10.9. The van der Waals surface area contributed by atoms with E-state index in [4.69, 9.17) is 4.74 Å². The molecule has 0 bridgehead atoms. The number of likely N-dealkylation sites (tertiary alicyclic amines) is 1. The first-order valence-electron chi connectivity index (χ1n) is 10.3. The highest BCUT2D eigenvalue weighted by Gasteiger charge is 2.42. The highest BCUT2D eigenvalue weighted by Crippen LogP contribution is 2.44. The topological polar surface area (TPSA) is 95.9 Å². The highest BCUT2D eigenvalue weighted by molar-refractivity contribution is 7.80. The normalized spacial score (nSPS) is 20.4. The Hall–Kier alpha value is -3.07. The molecule has 2 N–H and O–H groups in total. The fourth-order valence-corrected chi connectivity index (χ4v) is 4.68. The van der Waals surface area contributed by atoms with E-state index in [-0.39, 0.29) is 31.2 Å². The lowest BCUT2D eigenvalue weighted by Gasteiger charge is -2.26. The number of benzene rings is 2. The van der Waals surface area contributed by atoms with Gasteiger partial charge in [-0.15, -0.1) is 0 Å².